The molecule has 0 aliphatic carbocycles. The maximum absolute atomic E-state index is 13.4. The Morgan fingerprint density at radius 2 is 1.86 bits per heavy atom. The zero-order chi connectivity index (χ0) is 25.3. The molecule has 36 heavy (non-hydrogen) atoms. The average Bonchev–Trinajstić information content (AvgIpc) is 3.36. The van der Waals surface area contributed by atoms with Gasteiger partial charge in [-0.3, -0.25) is 0 Å². The molecule has 0 N–H and O–H groups in total. The first-order valence-electron chi connectivity index (χ1n) is 11.4. The van der Waals surface area contributed by atoms with Crippen molar-refractivity contribution < 1.29 is 35.8 Å². The van der Waals surface area contributed by atoms with E-state index < -0.39 is 21.6 Å². The van der Waals surface area contributed by atoms with Gasteiger partial charge in [-0.25, -0.2) is 8.42 Å². The highest BCUT2D eigenvalue weighted by molar-refractivity contribution is 7.90. The van der Waals surface area contributed by atoms with E-state index in [-0.39, 0.29) is 35.0 Å². The van der Waals surface area contributed by atoms with E-state index in [1.54, 1.807) is 18.2 Å². The number of sulfone groups is 1. The van der Waals surface area contributed by atoms with Gasteiger partial charge >= 0.3 is 6.18 Å². The lowest BCUT2D eigenvalue weighted by Gasteiger charge is -2.29. The first-order valence-corrected chi connectivity index (χ1v) is 13.1. The number of hydrogen-bond acceptors (Lipinski definition) is 7. The van der Waals surface area contributed by atoms with Gasteiger partial charge in [0, 0.05) is 29.7 Å². The Labute approximate surface area is 206 Å². The summed E-state index contributed by atoms with van der Waals surface area (Å²) >= 11 is 0. The Morgan fingerprint density at radius 1 is 1.03 bits per heavy atom. The van der Waals surface area contributed by atoms with Crippen molar-refractivity contribution in [2.45, 2.75) is 41.7 Å². The van der Waals surface area contributed by atoms with Gasteiger partial charge in [0.1, 0.15) is 17.6 Å². The van der Waals surface area contributed by atoms with Crippen LogP contribution < -0.4 is 9.47 Å². The minimum Gasteiger partial charge on any atom is -0.493 e. The molecule has 2 aliphatic heterocycles. The fourth-order valence-electron chi connectivity index (χ4n) is 4.46. The molecule has 0 spiro atoms. The summed E-state index contributed by atoms with van der Waals surface area (Å²) in [6.45, 7) is 1.08. The summed E-state index contributed by atoms with van der Waals surface area (Å²) in [4.78, 5) is 0.0690. The van der Waals surface area contributed by atoms with Gasteiger partial charge < -0.3 is 14.2 Å². The maximum Gasteiger partial charge on any atom is 0.416 e. The number of fused-ring (bicyclic) bond motifs is 1. The second kappa shape index (κ2) is 9.70. The summed E-state index contributed by atoms with van der Waals surface area (Å²) in [7, 11) is -3.72. The van der Waals surface area contributed by atoms with Crippen LogP contribution in [0.1, 0.15) is 41.1 Å². The third-order valence-corrected chi connectivity index (χ3v) is 7.89. The number of hydrogen-bond donors (Lipinski definition) is 0. The third-order valence-electron chi connectivity index (χ3n) is 6.25. The molecule has 190 valence electrons. The zero-order valence-corrected chi connectivity index (χ0v) is 19.9. The van der Waals surface area contributed by atoms with Crippen LogP contribution >= 0.6 is 0 Å². The molecule has 5 rings (SSSR count). The Kier molecular flexibility index (Phi) is 6.60. The number of halogens is 3. The SMILES string of the molecule is O=S(=O)(Cc1cccnn1)c1ccc2c(c1)OCC[C@@H]2c1ccc(C(F)(F)F)cc1O[C@H]1CCOC1. The van der Waals surface area contributed by atoms with Gasteiger partial charge in [-0.2, -0.15) is 23.4 Å². The van der Waals surface area contributed by atoms with Crippen molar-refractivity contribution in [2.75, 3.05) is 19.8 Å². The molecule has 2 aliphatic rings. The minimum absolute atomic E-state index is 0.0690. The highest BCUT2D eigenvalue weighted by atomic mass is 32.2. The molecule has 1 fully saturated rings. The predicted molar refractivity (Wildman–Crippen MR) is 123 cm³/mol. The standard InChI is InChI=1S/C25H23F3N2O5S/c26-25(27,28)16-3-5-22(24(12-16)35-18-7-10-33-14-18)20-8-11-34-23-13-19(4-6-21(20)23)36(31,32)15-17-2-1-9-29-30-17/h1-6,9,12-13,18,20H,7-8,10-11,14-15H2/t18-,20-/m0/s1. The van der Waals surface area contributed by atoms with Gasteiger partial charge in [0.15, 0.2) is 9.84 Å². The Morgan fingerprint density at radius 3 is 2.58 bits per heavy atom. The molecule has 3 heterocycles. The molecule has 0 radical (unpaired) electrons. The van der Waals surface area contributed by atoms with Crippen LogP contribution in [0.3, 0.4) is 0 Å². The van der Waals surface area contributed by atoms with Gasteiger partial charge in [-0.1, -0.05) is 12.1 Å². The lowest BCUT2D eigenvalue weighted by Crippen LogP contribution is -2.21. The molecule has 11 heteroatoms. The first kappa shape index (κ1) is 24.5. The van der Waals surface area contributed by atoms with Crippen LogP contribution in [-0.4, -0.2) is 44.5 Å². The van der Waals surface area contributed by atoms with Crippen LogP contribution in [0.15, 0.2) is 59.6 Å². The molecule has 0 saturated carbocycles. The minimum atomic E-state index is -4.51. The summed E-state index contributed by atoms with van der Waals surface area (Å²) in [5, 5.41) is 7.55. The molecule has 2 atom stereocenters. The van der Waals surface area contributed by atoms with Crippen LogP contribution in [0.25, 0.3) is 0 Å². The molecule has 0 bridgehead atoms. The normalized spacial score (nSPS) is 20.0. The number of nitrogens with zero attached hydrogens (tertiary/aromatic N) is 2. The van der Waals surface area contributed by atoms with Crippen LogP contribution in [-0.2, 0) is 26.5 Å². The van der Waals surface area contributed by atoms with Gasteiger partial charge in [0.25, 0.3) is 0 Å². The molecule has 1 saturated heterocycles. The predicted octanol–water partition coefficient (Wildman–Crippen LogP) is 4.55. The lowest BCUT2D eigenvalue weighted by atomic mass is 9.85. The van der Waals surface area contributed by atoms with Crippen molar-refractivity contribution in [1.29, 1.82) is 0 Å². The van der Waals surface area contributed by atoms with Crippen LogP contribution in [0.4, 0.5) is 13.2 Å². The quantitative estimate of drug-likeness (QED) is 0.471. The second-order valence-electron chi connectivity index (χ2n) is 8.72. The molecule has 0 amide bonds. The van der Waals surface area contributed by atoms with Crippen LogP contribution in [0, 0.1) is 0 Å². The van der Waals surface area contributed by atoms with E-state index in [2.05, 4.69) is 10.2 Å². The fraction of sp³-hybridized carbons (Fsp3) is 0.360. The van der Waals surface area contributed by atoms with E-state index in [0.717, 1.165) is 12.1 Å². The van der Waals surface area contributed by atoms with Gasteiger partial charge in [-0.15, -0.1) is 0 Å². The second-order valence-corrected chi connectivity index (χ2v) is 10.7. The third kappa shape index (κ3) is 5.17. The van der Waals surface area contributed by atoms with Crippen molar-refractivity contribution in [2.24, 2.45) is 0 Å². The summed E-state index contributed by atoms with van der Waals surface area (Å²) in [6.07, 6.45) is -2.29. The van der Waals surface area contributed by atoms with Gasteiger partial charge in [0.05, 0.1) is 41.7 Å². The number of ether oxygens (including phenoxy) is 3. The van der Waals surface area contributed by atoms with Crippen molar-refractivity contribution in [1.82, 2.24) is 10.2 Å². The van der Waals surface area contributed by atoms with E-state index in [0.29, 0.717) is 48.6 Å². The maximum atomic E-state index is 13.4. The highest BCUT2D eigenvalue weighted by Crippen LogP contribution is 2.44. The van der Waals surface area contributed by atoms with Crippen molar-refractivity contribution in [3.63, 3.8) is 0 Å². The van der Waals surface area contributed by atoms with Crippen LogP contribution in [0.2, 0.25) is 0 Å². The number of alkyl halides is 3. The topological polar surface area (TPSA) is 87.6 Å². The van der Waals surface area contributed by atoms with E-state index in [9.17, 15) is 21.6 Å². The molecular formula is C25H23F3N2O5S. The number of rotatable bonds is 6. The monoisotopic (exact) mass is 520 g/mol. The number of aromatic nitrogens is 2. The van der Waals surface area contributed by atoms with Gasteiger partial charge in [-0.05, 0) is 42.8 Å². The smallest absolute Gasteiger partial charge is 0.416 e. The number of benzene rings is 2. The molecule has 0 unspecified atom stereocenters. The largest absolute Gasteiger partial charge is 0.493 e. The summed E-state index contributed by atoms with van der Waals surface area (Å²) in [6, 6.07) is 11.3. The Bertz CT molecular complexity index is 1340. The van der Waals surface area contributed by atoms with Crippen molar-refractivity contribution >= 4 is 9.84 Å². The molecule has 3 aromatic rings. The Hall–Kier alpha value is -3.18. The van der Waals surface area contributed by atoms with Crippen molar-refractivity contribution in [3.8, 4) is 11.5 Å². The Balaban J connectivity index is 1.49. The van der Waals surface area contributed by atoms with E-state index in [1.165, 1.54) is 24.4 Å². The average molecular weight is 521 g/mol. The zero-order valence-electron chi connectivity index (χ0n) is 19.1. The van der Waals surface area contributed by atoms with E-state index in [4.69, 9.17) is 14.2 Å². The van der Waals surface area contributed by atoms with Crippen LogP contribution in [0.5, 0.6) is 11.5 Å². The molecule has 1 aromatic heterocycles. The molecular weight excluding hydrogens is 497 g/mol. The molecule has 2 aromatic carbocycles. The summed E-state index contributed by atoms with van der Waals surface area (Å²) < 4.78 is 83.3. The molecule has 7 nitrogen and oxygen atoms in total. The summed E-state index contributed by atoms with van der Waals surface area (Å²) in [5.74, 6) is -0.118. The van der Waals surface area contributed by atoms with E-state index >= 15 is 0 Å². The lowest BCUT2D eigenvalue weighted by molar-refractivity contribution is -0.137. The van der Waals surface area contributed by atoms with Gasteiger partial charge in [0.2, 0.25) is 0 Å². The highest BCUT2D eigenvalue weighted by Gasteiger charge is 2.34. The fourth-order valence-corrected chi connectivity index (χ4v) is 5.73. The van der Waals surface area contributed by atoms with E-state index in [1.807, 2.05) is 0 Å². The van der Waals surface area contributed by atoms with Crippen molar-refractivity contribution in [3.05, 3.63) is 77.1 Å². The summed E-state index contributed by atoms with van der Waals surface area (Å²) in [5.41, 5.74) is 0.802. The first-order chi connectivity index (χ1) is 17.2.